The maximum absolute atomic E-state index is 14.2. The molecule has 0 spiro atoms. The SMILES string of the molecule is Cn1ccc2c(F)c(-c3cc(N)no3)ccc21. The maximum Gasteiger partial charge on any atom is 0.172 e. The molecule has 2 N–H and O–H groups in total. The first-order valence-corrected chi connectivity index (χ1v) is 5.13. The van der Waals surface area contributed by atoms with Gasteiger partial charge in [0.2, 0.25) is 0 Å². The molecule has 0 aliphatic heterocycles. The number of rotatable bonds is 1. The third-order valence-corrected chi connectivity index (χ3v) is 2.80. The van der Waals surface area contributed by atoms with Gasteiger partial charge in [-0.3, -0.25) is 0 Å². The van der Waals surface area contributed by atoms with Crippen LogP contribution in [0.5, 0.6) is 0 Å². The fraction of sp³-hybridized carbons (Fsp3) is 0.0833. The van der Waals surface area contributed by atoms with Gasteiger partial charge in [-0.15, -0.1) is 0 Å². The first-order chi connectivity index (χ1) is 8.16. The van der Waals surface area contributed by atoms with Crippen LogP contribution in [0.15, 0.2) is 35.0 Å². The molecular formula is C12H10FN3O. The smallest absolute Gasteiger partial charge is 0.172 e. The van der Waals surface area contributed by atoms with Crippen molar-refractivity contribution in [1.82, 2.24) is 9.72 Å². The Hall–Kier alpha value is -2.30. The van der Waals surface area contributed by atoms with E-state index in [0.717, 1.165) is 5.52 Å². The number of halogens is 1. The zero-order valence-electron chi connectivity index (χ0n) is 9.14. The summed E-state index contributed by atoms with van der Waals surface area (Å²) in [7, 11) is 1.87. The third kappa shape index (κ3) is 1.39. The molecule has 1 aromatic carbocycles. The third-order valence-electron chi connectivity index (χ3n) is 2.80. The molecule has 2 heterocycles. The molecule has 0 saturated heterocycles. The fourth-order valence-corrected chi connectivity index (χ4v) is 1.92. The van der Waals surface area contributed by atoms with Crippen LogP contribution in [-0.4, -0.2) is 9.72 Å². The quantitative estimate of drug-likeness (QED) is 0.700. The van der Waals surface area contributed by atoms with Crippen molar-refractivity contribution in [1.29, 1.82) is 0 Å². The molecule has 0 radical (unpaired) electrons. The topological polar surface area (TPSA) is 57.0 Å². The zero-order chi connectivity index (χ0) is 12.0. The highest BCUT2D eigenvalue weighted by molar-refractivity contribution is 5.85. The lowest BCUT2D eigenvalue weighted by Gasteiger charge is -2.01. The van der Waals surface area contributed by atoms with Gasteiger partial charge in [0.05, 0.1) is 11.1 Å². The Labute approximate surface area is 96.4 Å². The first-order valence-electron chi connectivity index (χ1n) is 5.13. The van der Waals surface area contributed by atoms with Crippen LogP contribution < -0.4 is 5.73 Å². The summed E-state index contributed by atoms with van der Waals surface area (Å²) >= 11 is 0. The second kappa shape index (κ2) is 3.35. The Morgan fingerprint density at radius 1 is 1.35 bits per heavy atom. The molecule has 0 fully saturated rings. The normalized spacial score (nSPS) is 11.2. The average molecular weight is 231 g/mol. The second-order valence-electron chi connectivity index (χ2n) is 3.90. The van der Waals surface area contributed by atoms with Gasteiger partial charge in [-0.2, -0.15) is 0 Å². The van der Waals surface area contributed by atoms with Crippen LogP contribution in [0.25, 0.3) is 22.2 Å². The minimum atomic E-state index is -0.320. The Morgan fingerprint density at radius 2 is 2.18 bits per heavy atom. The van der Waals surface area contributed by atoms with Gasteiger partial charge < -0.3 is 14.8 Å². The molecule has 3 rings (SSSR count). The van der Waals surface area contributed by atoms with Crippen molar-refractivity contribution in [2.45, 2.75) is 0 Å². The first kappa shape index (κ1) is 9.89. The number of nitrogens with two attached hydrogens (primary N) is 1. The highest BCUT2D eigenvalue weighted by Crippen LogP contribution is 2.29. The molecule has 0 saturated carbocycles. The average Bonchev–Trinajstić information content (AvgIpc) is 2.87. The van der Waals surface area contributed by atoms with Crippen LogP contribution in [0, 0.1) is 5.82 Å². The standard InChI is InChI=1S/C12H10FN3O/c1-16-5-4-7-9(16)3-2-8(12(7)13)10-6-11(14)15-17-10/h2-6H,1H3,(H2,14,15). The molecule has 0 amide bonds. The largest absolute Gasteiger partial charge is 0.381 e. The number of benzene rings is 1. The van der Waals surface area contributed by atoms with Crippen LogP contribution in [0.3, 0.4) is 0 Å². The van der Waals surface area contributed by atoms with E-state index < -0.39 is 0 Å². The number of hydrogen-bond donors (Lipinski definition) is 1. The van der Waals surface area contributed by atoms with Crippen molar-refractivity contribution >= 4 is 16.7 Å². The van der Waals surface area contributed by atoms with Gasteiger partial charge in [0.1, 0.15) is 5.82 Å². The zero-order valence-corrected chi connectivity index (χ0v) is 9.14. The molecule has 5 heteroatoms. The predicted octanol–water partition coefficient (Wildman–Crippen LogP) is 2.55. The second-order valence-corrected chi connectivity index (χ2v) is 3.90. The van der Waals surface area contributed by atoms with Gasteiger partial charge >= 0.3 is 0 Å². The maximum atomic E-state index is 14.2. The summed E-state index contributed by atoms with van der Waals surface area (Å²) in [6, 6.07) is 6.74. The molecule has 17 heavy (non-hydrogen) atoms. The molecule has 4 nitrogen and oxygen atoms in total. The van der Waals surface area contributed by atoms with E-state index >= 15 is 0 Å². The summed E-state index contributed by atoms with van der Waals surface area (Å²) in [4.78, 5) is 0. The van der Waals surface area contributed by atoms with Gasteiger partial charge in [0, 0.05) is 24.7 Å². The van der Waals surface area contributed by atoms with E-state index in [2.05, 4.69) is 5.16 Å². The molecule has 86 valence electrons. The summed E-state index contributed by atoms with van der Waals surface area (Å²) in [5.74, 6) is 0.262. The minimum absolute atomic E-state index is 0.243. The number of aryl methyl sites for hydroxylation is 1. The monoisotopic (exact) mass is 231 g/mol. The van der Waals surface area contributed by atoms with Gasteiger partial charge in [-0.1, -0.05) is 5.16 Å². The lowest BCUT2D eigenvalue weighted by molar-refractivity contribution is 0.433. The molecule has 0 unspecified atom stereocenters. The minimum Gasteiger partial charge on any atom is -0.381 e. The van der Waals surface area contributed by atoms with Crippen molar-refractivity contribution in [3.63, 3.8) is 0 Å². The summed E-state index contributed by atoms with van der Waals surface area (Å²) in [6.45, 7) is 0. The highest BCUT2D eigenvalue weighted by atomic mass is 19.1. The Kier molecular flexibility index (Phi) is 1.95. The summed E-state index contributed by atoms with van der Waals surface area (Å²) in [6.07, 6.45) is 1.81. The van der Waals surface area contributed by atoms with Crippen molar-refractivity contribution in [2.75, 3.05) is 5.73 Å². The molecule has 0 bridgehead atoms. The number of nitrogens with zero attached hydrogens (tertiary/aromatic N) is 2. The number of aromatic nitrogens is 2. The highest BCUT2D eigenvalue weighted by Gasteiger charge is 2.14. The molecular weight excluding hydrogens is 221 g/mol. The fourth-order valence-electron chi connectivity index (χ4n) is 1.92. The van der Waals surface area contributed by atoms with E-state index in [1.54, 1.807) is 12.1 Å². The summed E-state index contributed by atoms with van der Waals surface area (Å²) < 4.78 is 21.1. The van der Waals surface area contributed by atoms with Crippen molar-refractivity contribution in [3.05, 3.63) is 36.3 Å². The van der Waals surface area contributed by atoms with Gasteiger partial charge in [0.25, 0.3) is 0 Å². The van der Waals surface area contributed by atoms with Crippen molar-refractivity contribution < 1.29 is 8.91 Å². The molecule has 0 atom stereocenters. The van der Waals surface area contributed by atoms with Crippen LogP contribution >= 0.6 is 0 Å². The van der Waals surface area contributed by atoms with Gasteiger partial charge in [0.15, 0.2) is 11.6 Å². The lowest BCUT2D eigenvalue weighted by Crippen LogP contribution is -1.87. The van der Waals surface area contributed by atoms with E-state index in [1.807, 2.05) is 23.9 Å². The van der Waals surface area contributed by atoms with E-state index in [4.69, 9.17) is 10.3 Å². The van der Waals surface area contributed by atoms with E-state index in [0.29, 0.717) is 16.7 Å². The number of nitrogen functional groups attached to an aromatic ring is 1. The van der Waals surface area contributed by atoms with Crippen molar-refractivity contribution in [2.24, 2.45) is 7.05 Å². The number of anilines is 1. The molecule has 0 aliphatic carbocycles. The molecule has 0 aliphatic rings. The molecule has 3 aromatic rings. The van der Waals surface area contributed by atoms with Crippen LogP contribution in [0.1, 0.15) is 0 Å². The molecule has 2 aromatic heterocycles. The van der Waals surface area contributed by atoms with Crippen molar-refractivity contribution in [3.8, 4) is 11.3 Å². The van der Waals surface area contributed by atoms with E-state index in [1.165, 1.54) is 6.07 Å². The number of hydrogen-bond acceptors (Lipinski definition) is 3. The predicted molar refractivity (Wildman–Crippen MR) is 62.8 cm³/mol. The van der Waals surface area contributed by atoms with Gasteiger partial charge in [-0.05, 0) is 18.2 Å². The summed E-state index contributed by atoms with van der Waals surface area (Å²) in [5, 5.41) is 4.11. The van der Waals surface area contributed by atoms with E-state index in [9.17, 15) is 4.39 Å². The van der Waals surface area contributed by atoms with E-state index in [-0.39, 0.29) is 11.6 Å². The Morgan fingerprint density at radius 3 is 2.88 bits per heavy atom. The van der Waals surface area contributed by atoms with Crippen LogP contribution in [0.4, 0.5) is 10.2 Å². The Balaban J connectivity index is 2.28. The van der Waals surface area contributed by atoms with Gasteiger partial charge in [-0.25, -0.2) is 4.39 Å². The summed E-state index contributed by atoms with van der Waals surface area (Å²) in [5.41, 5.74) is 6.65. The van der Waals surface area contributed by atoms with Crippen LogP contribution in [0.2, 0.25) is 0 Å². The van der Waals surface area contributed by atoms with Crippen LogP contribution in [-0.2, 0) is 7.05 Å². The lowest BCUT2D eigenvalue weighted by atomic mass is 10.1. The number of fused-ring (bicyclic) bond motifs is 1. The Bertz CT molecular complexity index is 699.